The molecule has 3 nitrogen and oxygen atoms in total. The predicted molar refractivity (Wildman–Crippen MR) is 67.7 cm³/mol. The van der Waals surface area contributed by atoms with Gasteiger partial charge in [-0.2, -0.15) is 5.26 Å². The first-order valence-electron chi connectivity index (χ1n) is 5.15. The highest BCUT2D eigenvalue weighted by atomic mass is 35.5. The average Bonchev–Trinajstić information content (AvgIpc) is 2.41. The normalized spacial score (nSPS) is 9.78. The van der Waals surface area contributed by atoms with E-state index in [1.54, 1.807) is 18.2 Å². The Labute approximate surface area is 109 Å². The maximum atomic E-state index is 12.2. The second kappa shape index (κ2) is 4.91. The highest BCUT2D eigenvalue weighted by Gasteiger charge is 2.14. The van der Waals surface area contributed by atoms with Crippen LogP contribution in [0.25, 0.3) is 0 Å². The lowest BCUT2D eigenvalue weighted by Gasteiger charge is -2.04. The summed E-state index contributed by atoms with van der Waals surface area (Å²) in [5.41, 5.74) is 0.853. The summed E-state index contributed by atoms with van der Waals surface area (Å²) < 4.78 is 0. The first-order chi connectivity index (χ1) is 8.61. The van der Waals surface area contributed by atoms with Crippen LogP contribution in [0.1, 0.15) is 21.5 Å². The summed E-state index contributed by atoms with van der Waals surface area (Å²) >= 11 is 5.79. The van der Waals surface area contributed by atoms with Crippen molar-refractivity contribution < 1.29 is 9.90 Å². The topological polar surface area (TPSA) is 61.1 Å². The molecule has 18 heavy (non-hydrogen) atoms. The zero-order chi connectivity index (χ0) is 13.1. The lowest BCUT2D eigenvalue weighted by atomic mass is 10.0. The highest BCUT2D eigenvalue weighted by molar-refractivity contribution is 6.31. The van der Waals surface area contributed by atoms with Crippen molar-refractivity contribution in [3.63, 3.8) is 0 Å². The molecule has 2 aromatic carbocycles. The third kappa shape index (κ3) is 2.34. The van der Waals surface area contributed by atoms with Crippen molar-refractivity contribution in [3.8, 4) is 11.8 Å². The fourth-order valence-electron chi connectivity index (χ4n) is 1.58. The van der Waals surface area contributed by atoms with Crippen molar-refractivity contribution in [3.05, 3.63) is 64.2 Å². The van der Waals surface area contributed by atoms with Crippen LogP contribution in [0.5, 0.6) is 5.75 Å². The van der Waals surface area contributed by atoms with Crippen molar-refractivity contribution in [2.24, 2.45) is 0 Å². The molecular weight excluding hydrogens is 250 g/mol. The molecule has 4 heteroatoms. The summed E-state index contributed by atoms with van der Waals surface area (Å²) in [4.78, 5) is 12.2. The van der Waals surface area contributed by atoms with Gasteiger partial charge in [-0.15, -0.1) is 0 Å². The van der Waals surface area contributed by atoms with Gasteiger partial charge in [-0.25, -0.2) is 0 Å². The lowest BCUT2D eigenvalue weighted by Crippen LogP contribution is -2.02. The van der Waals surface area contributed by atoms with E-state index in [1.165, 1.54) is 24.3 Å². The minimum atomic E-state index is -0.368. The molecule has 0 heterocycles. The Kier molecular flexibility index (Phi) is 3.31. The van der Waals surface area contributed by atoms with Gasteiger partial charge in [-0.3, -0.25) is 4.79 Å². The largest absolute Gasteiger partial charge is 0.507 e. The molecule has 0 saturated carbocycles. The molecule has 0 unspecified atom stereocenters. The fourth-order valence-corrected chi connectivity index (χ4v) is 1.75. The third-order valence-corrected chi connectivity index (χ3v) is 2.69. The Morgan fingerprint density at radius 1 is 1.22 bits per heavy atom. The second-order valence-corrected chi connectivity index (χ2v) is 4.12. The van der Waals surface area contributed by atoms with Crippen LogP contribution in [0.4, 0.5) is 0 Å². The van der Waals surface area contributed by atoms with Gasteiger partial charge in [0.15, 0.2) is 5.78 Å². The van der Waals surface area contributed by atoms with Gasteiger partial charge < -0.3 is 5.11 Å². The van der Waals surface area contributed by atoms with E-state index in [0.29, 0.717) is 16.1 Å². The van der Waals surface area contributed by atoms with Gasteiger partial charge >= 0.3 is 0 Å². The van der Waals surface area contributed by atoms with Crippen LogP contribution in [-0.4, -0.2) is 10.9 Å². The molecule has 2 rings (SSSR count). The van der Waals surface area contributed by atoms with Gasteiger partial charge in [0.2, 0.25) is 0 Å². The number of aromatic hydroxyl groups is 1. The highest BCUT2D eigenvalue weighted by Crippen LogP contribution is 2.24. The van der Waals surface area contributed by atoms with Crippen molar-refractivity contribution in [2.45, 2.75) is 0 Å². The maximum Gasteiger partial charge on any atom is 0.196 e. The molecule has 2 aromatic rings. The van der Waals surface area contributed by atoms with Crippen LogP contribution >= 0.6 is 11.6 Å². The van der Waals surface area contributed by atoms with Crippen LogP contribution in [0.3, 0.4) is 0 Å². The van der Waals surface area contributed by atoms with E-state index in [1.807, 2.05) is 6.07 Å². The molecule has 0 amide bonds. The number of ketones is 1. The second-order valence-electron chi connectivity index (χ2n) is 3.68. The Balaban J connectivity index is 2.48. The van der Waals surface area contributed by atoms with E-state index in [-0.39, 0.29) is 17.1 Å². The Hall–Kier alpha value is -2.31. The van der Waals surface area contributed by atoms with Gasteiger partial charge in [0.25, 0.3) is 0 Å². The van der Waals surface area contributed by atoms with E-state index in [0.717, 1.165) is 0 Å². The van der Waals surface area contributed by atoms with Crippen molar-refractivity contribution in [1.29, 1.82) is 5.26 Å². The standard InChI is InChI=1S/C14H8ClNO2/c15-11-4-5-13(17)12(7-11)14(18)10-3-1-2-9(6-10)8-16/h1-7,17H. The first-order valence-corrected chi connectivity index (χ1v) is 5.53. The zero-order valence-corrected chi connectivity index (χ0v) is 9.98. The number of carbonyl (C=O) groups is 1. The van der Waals surface area contributed by atoms with Crippen LogP contribution in [0.2, 0.25) is 5.02 Å². The molecule has 0 saturated heterocycles. The quantitative estimate of drug-likeness (QED) is 0.841. The number of benzene rings is 2. The molecule has 0 aromatic heterocycles. The van der Waals surface area contributed by atoms with Crippen molar-refractivity contribution in [1.82, 2.24) is 0 Å². The maximum absolute atomic E-state index is 12.2. The fraction of sp³-hybridized carbons (Fsp3) is 0. The molecule has 0 fully saturated rings. The SMILES string of the molecule is N#Cc1cccc(C(=O)c2cc(Cl)ccc2O)c1. The number of rotatable bonds is 2. The molecule has 88 valence electrons. The van der Waals surface area contributed by atoms with Crippen molar-refractivity contribution in [2.75, 3.05) is 0 Å². The molecule has 0 atom stereocenters. The monoisotopic (exact) mass is 257 g/mol. The number of hydrogen-bond donors (Lipinski definition) is 1. The third-order valence-electron chi connectivity index (χ3n) is 2.46. The Bertz CT molecular complexity index is 659. The van der Waals surface area contributed by atoms with Gasteiger partial charge in [-0.05, 0) is 30.3 Å². The number of phenols is 1. The van der Waals surface area contributed by atoms with Gasteiger partial charge in [-0.1, -0.05) is 23.7 Å². The van der Waals surface area contributed by atoms with Gasteiger partial charge in [0, 0.05) is 10.6 Å². The van der Waals surface area contributed by atoms with Gasteiger partial charge in [0.1, 0.15) is 5.75 Å². The number of nitrogens with zero attached hydrogens (tertiary/aromatic N) is 1. The van der Waals surface area contributed by atoms with E-state index in [2.05, 4.69) is 0 Å². The summed E-state index contributed by atoms with van der Waals surface area (Å²) in [6, 6.07) is 12.5. The molecule has 0 spiro atoms. The molecule has 0 aliphatic rings. The summed E-state index contributed by atoms with van der Waals surface area (Å²) in [6.45, 7) is 0. The first kappa shape index (κ1) is 12.2. The Morgan fingerprint density at radius 3 is 2.72 bits per heavy atom. The zero-order valence-electron chi connectivity index (χ0n) is 9.22. The summed E-state index contributed by atoms with van der Waals surface area (Å²) in [5, 5.41) is 18.8. The van der Waals surface area contributed by atoms with E-state index in [9.17, 15) is 9.90 Å². The summed E-state index contributed by atoms with van der Waals surface area (Å²) in [7, 11) is 0. The van der Waals surface area contributed by atoms with E-state index in [4.69, 9.17) is 16.9 Å². The number of phenolic OH excluding ortho intramolecular Hbond substituents is 1. The molecule has 0 bridgehead atoms. The summed E-state index contributed by atoms with van der Waals surface area (Å²) in [6.07, 6.45) is 0. The van der Waals surface area contributed by atoms with Crippen LogP contribution in [-0.2, 0) is 0 Å². The molecular formula is C14H8ClNO2. The Morgan fingerprint density at radius 2 is 2.00 bits per heavy atom. The van der Waals surface area contributed by atoms with E-state index < -0.39 is 0 Å². The molecule has 0 aliphatic carbocycles. The van der Waals surface area contributed by atoms with Crippen LogP contribution in [0, 0.1) is 11.3 Å². The minimum Gasteiger partial charge on any atom is -0.507 e. The molecule has 0 radical (unpaired) electrons. The average molecular weight is 258 g/mol. The molecule has 0 aliphatic heterocycles. The lowest BCUT2D eigenvalue weighted by molar-refractivity contribution is 0.103. The predicted octanol–water partition coefficient (Wildman–Crippen LogP) is 3.15. The number of hydrogen-bond acceptors (Lipinski definition) is 3. The number of carbonyl (C=O) groups excluding carboxylic acids is 1. The summed E-state index contributed by atoms with van der Waals surface area (Å²) in [5.74, 6) is -0.501. The van der Waals surface area contributed by atoms with E-state index >= 15 is 0 Å². The van der Waals surface area contributed by atoms with Crippen LogP contribution in [0.15, 0.2) is 42.5 Å². The minimum absolute atomic E-state index is 0.123. The van der Waals surface area contributed by atoms with Gasteiger partial charge in [0.05, 0.1) is 17.2 Å². The number of halogens is 1. The number of nitriles is 1. The smallest absolute Gasteiger partial charge is 0.196 e. The van der Waals surface area contributed by atoms with Crippen LogP contribution < -0.4 is 0 Å². The molecule has 1 N–H and O–H groups in total. The van der Waals surface area contributed by atoms with Crippen molar-refractivity contribution >= 4 is 17.4 Å².